The van der Waals surface area contributed by atoms with Gasteiger partial charge in [0.05, 0.1) is 11.2 Å². The van der Waals surface area contributed by atoms with E-state index in [-0.39, 0.29) is 11.9 Å². The Morgan fingerprint density at radius 2 is 2.00 bits per heavy atom. The number of rotatable bonds is 3. The van der Waals surface area contributed by atoms with Gasteiger partial charge >= 0.3 is 0 Å². The van der Waals surface area contributed by atoms with Gasteiger partial charge in [0.25, 0.3) is 5.78 Å². The van der Waals surface area contributed by atoms with E-state index < -0.39 is 0 Å². The van der Waals surface area contributed by atoms with E-state index in [2.05, 4.69) is 25.1 Å². The van der Waals surface area contributed by atoms with E-state index in [1.807, 2.05) is 24.8 Å². The number of carbonyl (C=O) groups excluding carboxylic acids is 1. The van der Waals surface area contributed by atoms with Crippen LogP contribution in [0.5, 0.6) is 0 Å². The highest BCUT2D eigenvalue weighted by Crippen LogP contribution is 2.20. The first-order valence-electron chi connectivity index (χ1n) is 8.43. The zero-order valence-corrected chi connectivity index (χ0v) is 15.3. The van der Waals surface area contributed by atoms with E-state index in [0.717, 1.165) is 24.6 Å². The second-order valence-corrected chi connectivity index (χ2v) is 6.79. The van der Waals surface area contributed by atoms with Gasteiger partial charge in [-0.15, -0.1) is 0 Å². The summed E-state index contributed by atoms with van der Waals surface area (Å²) < 4.78 is 3.33. The first-order valence-corrected chi connectivity index (χ1v) is 8.81. The van der Waals surface area contributed by atoms with Gasteiger partial charge in [0, 0.05) is 44.1 Å². The van der Waals surface area contributed by atoms with Crippen molar-refractivity contribution in [3.05, 3.63) is 35.5 Å². The van der Waals surface area contributed by atoms with Crippen LogP contribution >= 0.6 is 11.6 Å². The molecule has 0 unspecified atom stereocenters. The van der Waals surface area contributed by atoms with Crippen molar-refractivity contribution in [2.75, 3.05) is 31.1 Å². The van der Waals surface area contributed by atoms with Gasteiger partial charge in [0.2, 0.25) is 5.91 Å². The highest BCUT2D eigenvalue weighted by molar-refractivity contribution is 6.30. The number of nitrogens with zero attached hydrogens (tertiary/aromatic N) is 8. The molecule has 1 saturated heterocycles. The minimum Gasteiger partial charge on any atom is -0.353 e. The largest absolute Gasteiger partial charge is 0.353 e. The number of amides is 1. The van der Waals surface area contributed by atoms with Gasteiger partial charge in [-0.05, 0) is 13.8 Å². The first kappa shape index (κ1) is 16.8. The molecule has 1 aliphatic heterocycles. The van der Waals surface area contributed by atoms with Crippen molar-refractivity contribution >= 4 is 29.1 Å². The second kappa shape index (κ2) is 6.56. The fourth-order valence-corrected chi connectivity index (χ4v) is 3.34. The van der Waals surface area contributed by atoms with E-state index in [1.54, 1.807) is 21.6 Å². The van der Waals surface area contributed by atoms with Crippen LogP contribution in [0.3, 0.4) is 0 Å². The Hall–Kier alpha value is -2.68. The van der Waals surface area contributed by atoms with Crippen LogP contribution in [0.4, 0.5) is 5.82 Å². The summed E-state index contributed by atoms with van der Waals surface area (Å²) in [6.45, 7) is 6.48. The number of hydrogen-bond acceptors (Lipinski definition) is 6. The summed E-state index contributed by atoms with van der Waals surface area (Å²) in [5, 5.41) is 8.92. The van der Waals surface area contributed by atoms with Gasteiger partial charge in [-0.25, -0.2) is 4.98 Å². The third-order valence-corrected chi connectivity index (χ3v) is 4.80. The molecule has 0 saturated carbocycles. The number of halogens is 1. The van der Waals surface area contributed by atoms with Crippen molar-refractivity contribution in [2.45, 2.75) is 19.9 Å². The van der Waals surface area contributed by atoms with Crippen molar-refractivity contribution in [1.29, 1.82) is 0 Å². The highest BCUT2D eigenvalue weighted by atomic mass is 35.5. The number of aromatic nitrogens is 6. The molecule has 4 rings (SSSR count). The minimum absolute atomic E-state index is 0.0428. The van der Waals surface area contributed by atoms with Gasteiger partial charge < -0.3 is 9.80 Å². The van der Waals surface area contributed by atoms with E-state index in [4.69, 9.17) is 11.6 Å². The smallest absolute Gasteiger partial charge is 0.254 e. The molecule has 1 amide bonds. The average Bonchev–Trinajstić information content (AvgIpc) is 3.28. The molecule has 0 N–H and O–H groups in total. The van der Waals surface area contributed by atoms with Crippen molar-refractivity contribution in [1.82, 2.24) is 34.3 Å². The van der Waals surface area contributed by atoms with E-state index in [9.17, 15) is 4.79 Å². The molecular weight excluding hydrogens is 356 g/mol. The Bertz CT molecular complexity index is 943. The number of hydrogen-bond donors (Lipinski definition) is 0. The number of fused-ring (bicyclic) bond motifs is 1. The van der Waals surface area contributed by atoms with Gasteiger partial charge in [-0.1, -0.05) is 11.6 Å². The number of aryl methyl sites for hydroxylation is 1. The number of anilines is 1. The maximum Gasteiger partial charge on any atom is 0.254 e. The molecule has 136 valence electrons. The highest BCUT2D eigenvalue weighted by Gasteiger charge is 2.27. The van der Waals surface area contributed by atoms with Crippen molar-refractivity contribution in [2.24, 2.45) is 0 Å². The zero-order chi connectivity index (χ0) is 18.3. The van der Waals surface area contributed by atoms with E-state index >= 15 is 0 Å². The van der Waals surface area contributed by atoms with E-state index in [0.29, 0.717) is 23.9 Å². The molecule has 0 aliphatic carbocycles. The molecule has 0 radical (unpaired) electrons. The third kappa shape index (κ3) is 2.98. The average molecular weight is 375 g/mol. The molecule has 1 atom stereocenters. The molecule has 1 fully saturated rings. The standard InChI is InChI=1S/C16H19ClN8O/c1-11-7-14(25-16(21-11)18-10-20-25)22-3-5-23(6-4-22)15(26)12(2)24-9-13(17)8-19-24/h7-10,12H,3-6H2,1-2H3/t12-/m0/s1. The number of piperazine rings is 1. The third-order valence-electron chi connectivity index (χ3n) is 4.60. The monoisotopic (exact) mass is 374 g/mol. The van der Waals surface area contributed by atoms with Gasteiger partial charge in [0.1, 0.15) is 18.2 Å². The summed E-state index contributed by atoms with van der Waals surface area (Å²) in [6.07, 6.45) is 4.71. The Morgan fingerprint density at radius 1 is 1.23 bits per heavy atom. The predicted octanol–water partition coefficient (Wildman–Crippen LogP) is 1.19. The van der Waals surface area contributed by atoms with Crippen LogP contribution in [-0.2, 0) is 4.79 Å². The molecule has 1 aliphatic rings. The molecule has 0 bridgehead atoms. The molecule has 4 heterocycles. The topological polar surface area (TPSA) is 84.5 Å². The van der Waals surface area contributed by atoms with Gasteiger partial charge in [-0.3, -0.25) is 9.48 Å². The summed E-state index contributed by atoms with van der Waals surface area (Å²) in [5.74, 6) is 1.58. The Kier molecular flexibility index (Phi) is 4.23. The normalized spacial score (nSPS) is 16.3. The van der Waals surface area contributed by atoms with Crippen LogP contribution in [0.15, 0.2) is 24.8 Å². The summed E-state index contributed by atoms with van der Waals surface area (Å²) in [5.41, 5.74) is 0.892. The molecule has 3 aromatic rings. The Balaban J connectivity index is 1.47. The molecule has 9 nitrogen and oxygen atoms in total. The molecule has 0 spiro atoms. The van der Waals surface area contributed by atoms with Gasteiger partial charge in [-0.2, -0.15) is 19.7 Å². The molecular formula is C16H19ClN8O. The van der Waals surface area contributed by atoms with Crippen LogP contribution in [-0.4, -0.2) is 66.3 Å². The molecule has 26 heavy (non-hydrogen) atoms. The lowest BCUT2D eigenvalue weighted by atomic mass is 10.2. The lowest BCUT2D eigenvalue weighted by Gasteiger charge is -2.37. The summed E-state index contributed by atoms with van der Waals surface area (Å²) in [4.78, 5) is 25.3. The lowest BCUT2D eigenvalue weighted by molar-refractivity contribution is -0.134. The van der Waals surface area contributed by atoms with Crippen LogP contribution in [0.1, 0.15) is 18.7 Å². The quantitative estimate of drug-likeness (QED) is 0.684. The fourth-order valence-electron chi connectivity index (χ4n) is 3.20. The molecule has 0 aromatic carbocycles. The number of carbonyl (C=O) groups is 1. The summed E-state index contributed by atoms with van der Waals surface area (Å²) >= 11 is 5.90. The van der Waals surface area contributed by atoms with E-state index in [1.165, 1.54) is 6.33 Å². The Morgan fingerprint density at radius 3 is 2.69 bits per heavy atom. The second-order valence-electron chi connectivity index (χ2n) is 6.35. The van der Waals surface area contributed by atoms with Crippen LogP contribution in [0.2, 0.25) is 5.02 Å². The summed E-state index contributed by atoms with van der Waals surface area (Å²) in [6, 6.07) is 1.62. The van der Waals surface area contributed by atoms with Crippen molar-refractivity contribution in [3.63, 3.8) is 0 Å². The molecule has 3 aromatic heterocycles. The SMILES string of the molecule is Cc1cc(N2CCN(C(=O)[C@H](C)n3cc(Cl)cn3)CC2)n2ncnc2n1. The maximum atomic E-state index is 12.7. The molecule has 10 heteroatoms. The Labute approximate surface area is 155 Å². The lowest BCUT2D eigenvalue weighted by Crippen LogP contribution is -2.50. The zero-order valence-electron chi connectivity index (χ0n) is 14.6. The van der Waals surface area contributed by atoms with Gasteiger partial charge in [0.15, 0.2) is 0 Å². The minimum atomic E-state index is -0.376. The van der Waals surface area contributed by atoms with Crippen LogP contribution in [0.25, 0.3) is 5.78 Å². The first-order chi connectivity index (χ1) is 12.5. The maximum absolute atomic E-state index is 12.7. The van der Waals surface area contributed by atoms with Crippen molar-refractivity contribution in [3.8, 4) is 0 Å². The van der Waals surface area contributed by atoms with Crippen LogP contribution < -0.4 is 4.90 Å². The fraction of sp³-hybridized carbons (Fsp3) is 0.438. The summed E-state index contributed by atoms with van der Waals surface area (Å²) in [7, 11) is 0. The predicted molar refractivity (Wildman–Crippen MR) is 96.3 cm³/mol. The van der Waals surface area contributed by atoms with Crippen molar-refractivity contribution < 1.29 is 4.79 Å². The van der Waals surface area contributed by atoms with Crippen LogP contribution in [0, 0.1) is 6.92 Å².